The smallest absolute Gasteiger partial charge is 0.133 e. The topological polar surface area (TPSA) is 57.4 Å². The lowest BCUT2D eigenvalue weighted by molar-refractivity contribution is 0.339. The van der Waals surface area contributed by atoms with Crippen LogP contribution >= 0.6 is 0 Å². The first-order chi connectivity index (χ1) is 7.86. The van der Waals surface area contributed by atoms with E-state index in [-0.39, 0.29) is 0 Å². The van der Waals surface area contributed by atoms with Crippen LogP contribution in [-0.2, 0) is 0 Å². The van der Waals surface area contributed by atoms with Crippen LogP contribution in [-0.4, -0.2) is 25.5 Å². The summed E-state index contributed by atoms with van der Waals surface area (Å²) in [7, 11) is 0. The van der Waals surface area contributed by atoms with Gasteiger partial charge in [0.05, 0.1) is 24.3 Å². The molecule has 82 valence electrons. The summed E-state index contributed by atoms with van der Waals surface area (Å²) in [5, 5.41) is 12.2. The van der Waals surface area contributed by atoms with E-state index >= 15 is 0 Å². The van der Waals surface area contributed by atoms with Crippen LogP contribution in [0, 0.1) is 11.3 Å². The number of hydrogen-bond donors (Lipinski definition) is 1. The van der Waals surface area contributed by atoms with E-state index in [9.17, 15) is 0 Å². The number of rotatable bonds is 3. The van der Waals surface area contributed by atoms with Gasteiger partial charge in [0, 0.05) is 6.54 Å². The lowest BCUT2D eigenvalue weighted by atomic mass is 10.1. The maximum absolute atomic E-state index is 9.08. The van der Waals surface area contributed by atoms with Crippen molar-refractivity contribution < 1.29 is 4.74 Å². The molecule has 1 aliphatic heterocycles. The van der Waals surface area contributed by atoms with Crippen LogP contribution in [0.1, 0.15) is 18.1 Å². The summed E-state index contributed by atoms with van der Waals surface area (Å²) in [6.07, 6.45) is 0. The number of amidine groups is 1. The first kappa shape index (κ1) is 10.5. The summed E-state index contributed by atoms with van der Waals surface area (Å²) < 4.78 is 5.52. The zero-order valence-corrected chi connectivity index (χ0v) is 9.16. The highest BCUT2D eigenvalue weighted by molar-refractivity contribution is 6.04. The second kappa shape index (κ2) is 4.67. The SMILES string of the molecule is CCOc1cccc(C#N)c1C1=NCCN1. The van der Waals surface area contributed by atoms with E-state index in [0.29, 0.717) is 12.2 Å². The fourth-order valence-corrected chi connectivity index (χ4v) is 1.71. The predicted molar refractivity (Wildman–Crippen MR) is 61.7 cm³/mol. The minimum Gasteiger partial charge on any atom is -0.493 e. The second-order valence-electron chi connectivity index (χ2n) is 3.38. The normalized spacial score (nSPS) is 13.9. The van der Waals surface area contributed by atoms with Crippen molar-refractivity contribution in [2.45, 2.75) is 6.92 Å². The Bertz CT molecular complexity index is 460. The molecule has 0 aromatic heterocycles. The highest BCUT2D eigenvalue weighted by atomic mass is 16.5. The number of benzene rings is 1. The van der Waals surface area contributed by atoms with Crippen molar-refractivity contribution >= 4 is 5.84 Å². The van der Waals surface area contributed by atoms with E-state index in [2.05, 4.69) is 16.4 Å². The van der Waals surface area contributed by atoms with Crippen molar-refractivity contribution in [3.63, 3.8) is 0 Å². The van der Waals surface area contributed by atoms with Gasteiger partial charge < -0.3 is 10.1 Å². The van der Waals surface area contributed by atoms with E-state index in [0.717, 1.165) is 30.2 Å². The molecule has 4 heteroatoms. The number of nitriles is 1. The number of aliphatic imine (C=N–C) groups is 1. The molecule has 1 aliphatic rings. The van der Waals surface area contributed by atoms with Crippen LogP contribution in [0.5, 0.6) is 5.75 Å². The maximum atomic E-state index is 9.08. The van der Waals surface area contributed by atoms with Crippen molar-refractivity contribution in [3.05, 3.63) is 29.3 Å². The minimum atomic E-state index is 0.579. The molecule has 0 radical (unpaired) electrons. The van der Waals surface area contributed by atoms with Crippen LogP contribution < -0.4 is 10.1 Å². The molecule has 0 bridgehead atoms. The Labute approximate surface area is 94.6 Å². The summed E-state index contributed by atoms with van der Waals surface area (Å²) in [4.78, 5) is 4.33. The summed E-state index contributed by atoms with van der Waals surface area (Å²) in [6.45, 7) is 4.07. The molecule has 1 heterocycles. The second-order valence-corrected chi connectivity index (χ2v) is 3.38. The molecular formula is C12H13N3O. The zero-order valence-electron chi connectivity index (χ0n) is 9.16. The molecule has 2 rings (SSSR count). The first-order valence-electron chi connectivity index (χ1n) is 5.31. The Morgan fingerprint density at radius 3 is 3.06 bits per heavy atom. The van der Waals surface area contributed by atoms with Gasteiger partial charge in [0.25, 0.3) is 0 Å². The van der Waals surface area contributed by atoms with Crippen molar-refractivity contribution in [3.8, 4) is 11.8 Å². The zero-order chi connectivity index (χ0) is 11.4. The van der Waals surface area contributed by atoms with Crippen LogP contribution in [0.2, 0.25) is 0 Å². The number of nitrogens with one attached hydrogen (secondary N) is 1. The number of nitrogens with zero attached hydrogens (tertiary/aromatic N) is 2. The van der Waals surface area contributed by atoms with Gasteiger partial charge in [0.2, 0.25) is 0 Å². The molecular weight excluding hydrogens is 202 g/mol. The number of hydrogen-bond acceptors (Lipinski definition) is 4. The van der Waals surface area contributed by atoms with Crippen LogP contribution in [0.4, 0.5) is 0 Å². The molecule has 4 nitrogen and oxygen atoms in total. The molecule has 0 amide bonds. The minimum absolute atomic E-state index is 0.579. The van der Waals surface area contributed by atoms with Gasteiger partial charge in [-0.2, -0.15) is 5.26 Å². The molecule has 0 spiro atoms. The Morgan fingerprint density at radius 2 is 2.44 bits per heavy atom. The largest absolute Gasteiger partial charge is 0.493 e. The van der Waals surface area contributed by atoms with E-state index in [1.165, 1.54) is 0 Å². The van der Waals surface area contributed by atoms with Gasteiger partial charge in [-0.05, 0) is 19.1 Å². The predicted octanol–water partition coefficient (Wildman–Crippen LogP) is 1.31. The van der Waals surface area contributed by atoms with Crippen LogP contribution in [0.15, 0.2) is 23.2 Å². The van der Waals surface area contributed by atoms with Gasteiger partial charge in [-0.25, -0.2) is 0 Å². The third-order valence-corrected chi connectivity index (χ3v) is 2.36. The third kappa shape index (κ3) is 1.84. The molecule has 1 aromatic carbocycles. The maximum Gasteiger partial charge on any atom is 0.133 e. The van der Waals surface area contributed by atoms with E-state index in [1.807, 2.05) is 19.1 Å². The van der Waals surface area contributed by atoms with Crippen LogP contribution in [0.25, 0.3) is 0 Å². The molecule has 1 aromatic rings. The van der Waals surface area contributed by atoms with Crippen LogP contribution in [0.3, 0.4) is 0 Å². The monoisotopic (exact) mass is 215 g/mol. The van der Waals surface area contributed by atoms with Gasteiger partial charge in [-0.3, -0.25) is 4.99 Å². The Hall–Kier alpha value is -2.02. The van der Waals surface area contributed by atoms with Crippen molar-refractivity contribution in [1.82, 2.24) is 5.32 Å². The van der Waals surface area contributed by atoms with Gasteiger partial charge >= 0.3 is 0 Å². The summed E-state index contributed by atoms with van der Waals surface area (Å²) in [5.41, 5.74) is 1.38. The highest BCUT2D eigenvalue weighted by Crippen LogP contribution is 2.23. The molecule has 0 fully saturated rings. The van der Waals surface area contributed by atoms with Gasteiger partial charge in [-0.15, -0.1) is 0 Å². The molecule has 0 saturated carbocycles. The van der Waals surface area contributed by atoms with E-state index in [1.54, 1.807) is 6.07 Å². The van der Waals surface area contributed by atoms with Crippen molar-refractivity contribution in [2.24, 2.45) is 4.99 Å². The summed E-state index contributed by atoms with van der Waals surface area (Å²) in [5.74, 6) is 1.48. The fourth-order valence-electron chi connectivity index (χ4n) is 1.71. The Balaban J connectivity index is 2.50. The molecule has 0 unspecified atom stereocenters. The van der Waals surface area contributed by atoms with Gasteiger partial charge in [0.1, 0.15) is 17.7 Å². The van der Waals surface area contributed by atoms with Crippen molar-refractivity contribution in [2.75, 3.05) is 19.7 Å². The summed E-state index contributed by atoms with van der Waals surface area (Å²) >= 11 is 0. The Morgan fingerprint density at radius 1 is 1.56 bits per heavy atom. The fraction of sp³-hybridized carbons (Fsp3) is 0.333. The summed E-state index contributed by atoms with van der Waals surface area (Å²) in [6, 6.07) is 7.63. The van der Waals surface area contributed by atoms with Gasteiger partial charge in [0.15, 0.2) is 0 Å². The van der Waals surface area contributed by atoms with Crippen molar-refractivity contribution in [1.29, 1.82) is 5.26 Å². The quantitative estimate of drug-likeness (QED) is 0.827. The van der Waals surface area contributed by atoms with E-state index < -0.39 is 0 Å². The first-order valence-corrected chi connectivity index (χ1v) is 5.31. The highest BCUT2D eigenvalue weighted by Gasteiger charge is 2.17. The van der Waals surface area contributed by atoms with Gasteiger partial charge in [-0.1, -0.05) is 6.07 Å². The lowest BCUT2D eigenvalue weighted by Gasteiger charge is -2.11. The average Bonchev–Trinajstić information content (AvgIpc) is 2.82. The average molecular weight is 215 g/mol. The molecule has 16 heavy (non-hydrogen) atoms. The number of ether oxygens (including phenoxy) is 1. The molecule has 1 N–H and O–H groups in total. The Kier molecular flexibility index (Phi) is 3.06. The molecule has 0 atom stereocenters. The molecule has 0 aliphatic carbocycles. The lowest BCUT2D eigenvalue weighted by Crippen LogP contribution is -2.21. The standard InChI is InChI=1S/C12H13N3O/c1-2-16-10-5-3-4-9(8-13)11(10)12-14-6-7-15-12/h3-5H,2,6-7H2,1H3,(H,14,15). The van der Waals surface area contributed by atoms with E-state index in [4.69, 9.17) is 10.00 Å². The molecule has 0 saturated heterocycles. The third-order valence-electron chi connectivity index (χ3n) is 2.36.